The van der Waals surface area contributed by atoms with Crippen LogP contribution in [0.2, 0.25) is 5.02 Å². The number of carbonyl (C=O) groups is 1. The lowest BCUT2D eigenvalue weighted by atomic mass is 10.1. The Morgan fingerprint density at radius 1 is 1.47 bits per heavy atom. The number of likely N-dealkylation sites (tertiary alicyclic amines) is 1. The van der Waals surface area contributed by atoms with Crippen molar-refractivity contribution < 1.29 is 14.6 Å². The standard InChI is InChI=1S/C14H14ClNO3/c15-11-1-2-13-9(6-11)5-10(8-19-13)14(18)16-4-3-12(17)7-16/h1-2,5-6,12,17H,3-4,7-8H2/t12-/m0/s1. The van der Waals surface area contributed by atoms with Crippen molar-refractivity contribution >= 4 is 23.6 Å². The Morgan fingerprint density at radius 2 is 2.32 bits per heavy atom. The van der Waals surface area contributed by atoms with E-state index in [1.54, 1.807) is 23.1 Å². The number of aliphatic hydroxyl groups is 1. The van der Waals surface area contributed by atoms with Crippen LogP contribution < -0.4 is 4.74 Å². The van der Waals surface area contributed by atoms with Crippen molar-refractivity contribution in [2.75, 3.05) is 19.7 Å². The molecule has 1 atom stereocenters. The summed E-state index contributed by atoms with van der Waals surface area (Å²) in [5.41, 5.74) is 1.42. The average molecular weight is 280 g/mol. The molecule has 1 N–H and O–H groups in total. The van der Waals surface area contributed by atoms with Gasteiger partial charge in [-0.1, -0.05) is 11.6 Å². The third-order valence-corrected chi connectivity index (χ3v) is 3.65. The quantitative estimate of drug-likeness (QED) is 0.851. The zero-order chi connectivity index (χ0) is 13.4. The molecule has 5 heteroatoms. The van der Waals surface area contributed by atoms with Crippen molar-refractivity contribution in [3.63, 3.8) is 0 Å². The first-order valence-electron chi connectivity index (χ1n) is 6.24. The summed E-state index contributed by atoms with van der Waals surface area (Å²) in [6.45, 7) is 1.26. The first-order valence-corrected chi connectivity index (χ1v) is 6.61. The molecule has 2 aliphatic rings. The third kappa shape index (κ3) is 2.46. The topological polar surface area (TPSA) is 49.8 Å². The fraction of sp³-hybridized carbons (Fsp3) is 0.357. The van der Waals surface area contributed by atoms with E-state index in [2.05, 4.69) is 0 Å². The van der Waals surface area contributed by atoms with Gasteiger partial charge in [0.05, 0.1) is 11.7 Å². The van der Waals surface area contributed by atoms with Crippen LogP contribution in [0.5, 0.6) is 5.75 Å². The van der Waals surface area contributed by atoms with Crippen LogP contribution in [0.1, 0.15) is 12.0 Å². The molecule has 1 aromatic rings. The van der Waals surface area contributed by atoms with Crippen molar-refractivity contribution in [3.05, 3.63) is 34.4 Å². The van der Waals surface area contributed by atoms with E-state index >= 15 is 0 Å². The second-order valence-corrected chi connectivity index (χ2v) is 5.27. The van der Waals surface area contributed by atoms with Gasteiger partial charge in [-0.2, -0.15) is 0 Å². The fourth-order valence-electron chi connectivity index (χ4n) is 2.40. The molecule has 0 aliphatic carbocycles. The van der Waals surface area contributed by atoms with Crippen LogP contribution in [0.25, 0.3) is 6.08 Å². The molecule has 1 fully saturated rings. The van der Waals surface area contributed by atoms with Crippen molar-refractivity contribution in [2.24, 2.45) is 0 Å². The molecule has 19 heavy (non-hydrogen) atoms. The van der Waals surface area contributed by atoms with Gasteiger partial charge in [0, 0.05) is 23.7 Å². The van der Waals surface area contributed by atoms with E-state index in [0.29, 0.717) is 30.1 Å². The number of aliphatic hydroxyl groups excluding tert-OH is 1. The minimum Gasteiger partial charge on any atom is -0.488 e. The number of benzene rings is 1. The number of rotatable bonds is 1. The normalized spacial score (nSPS) is 21.7. The molecule has 1 aromatic carbocycles. The lowest BCUT2D eigenvalue weighted by Crippen LogP contribution is -2.33. The maximum Gasteiger partial charge on any atom is 0.253 e. The Morgan fingerprint density at radius 3 is 3.05 bits per heavy atom. The van der Waals surface area contributed by atoms with Gasteiger partial charge >= 0.3 is 0 Å². The maximum atomic E-state index is 12.3. The van der Waals surface area contributed by atoms with E-state index in [1.165, 1.54) is 0 Å². The van der Waals surface area contributed by atoms with Crippen LogP contribution in [-0.2, 0) is 4.79 Å². The highest BCUT2D eigenvalue weighted by Crippen LogP contribution is 2.29. The van der Waals surface area contributed by atoms with E-state index in [4.69, 9.17) is 16.3 Å². The number of nitrogens with zero attached hydrogens (tertiary/aromatic N) is 1. The molecule has 0 aromatic heterocycles. The number of amides is 1. The lowest BCUT2D eigenvalue weighted by Gasteiger charge is -2.22. The SMILES string of the molecule is O=C(C1=Cc2cc(Cl)ccc2OC1)N1CC[C@H](O)C1. The molecule has 100 valence electrons. The summed E-state index contributed by atoms with van der Waals surface area (Å²) >= 11 is 5.94. The summed E-state index contributed by atoms with van der Waals surface area (Å²) in [4.78, 5) is 13.9. The van der Waals surface area contributed by atoms with E-state index < -0.39 is 6.10 Å². The second-order valence-electron chi connectivity index (χ2n) is 4.83. The number of ether oxygens (including phenoxy) is 1. The summed E-state index contributed by atoms with van der Waals surface area (Å²) in [6, 6.07) is 5.34. The minimum atomic E-state index is -0.407. The molecule has 3 rings (SSSR count). The Bertz CT molecular complexity index is 556. The molecule has 0 radical (unpaired) electrons. The van der Waals surface area contributed by atoms with E-state index in [0.717, 1.165) is 11.3 Å². The molecular formula is C14H14ClNO3. The number of hydrogen-bond acceptors (Lipinski definition) is 3. The average Bonchev–Trinajstić information content (AvgIpc) is 2.83. The van der Waals surface area contributed by atoms with Crippen LogP contribution in [0.3, 0.4) is 0 Å². The Hall–Kier alpha value is -1.52. The van der Waals surface area contributed by atoms with Crippen LogP contribution >= 0.6 is 11.6 Å². The predicted octanol–water partition coefficient (Wildman–Crippen LogP) is 1.71. The molecule has 0 unspecified atom stereocenters. The molecule has 4 nitrogen and oxygen atoms in total. The van der Waals surface area contributed by atoms with Crippen molar-refractivity contribution in [1.82, 2.24) is 4.90 Å². The fourth-order valence-corrected chi connectivity index (χ4v) is 2.58. The monoisotopic (exact) mass is 279 g/mol. The van der Waals surface area contributed by atoms with Gasteiger partial charge in [0.1, 0.15) is 12.4 Å². The largest absolute Gasteiger partial charge is 0.488 e. The maximum absolute atomic E-state index is 12.3. The Balaban J connectivity index is 1.84. The highest BCUT2D eigenvalue weighted by molar-refractivity contribution is 6.30. The van der Waals surface area contributed by atoms with Gasteiger partial charge in [-0.25, -0.2) is 0 Å². The Labute approximate surface area is 116 Å². The predicted molar refractivity (Wildman–Crippen MR) is 72.1 cm³/mol. The lowest BCUT2D eigenvalue weighted by molar-refractivity contribution is -0.126. The third-order valence-electron chi connectivity index (χ3n) is 3.41. The highest BCUT2D eigenvalue weighted by Gasteiger charge is 2.28. The summed E-state index contributed by atoms with van der Waals surface area (Å²) < 4.78 is 5.56. The molecule has 0 spiro atoms. The second kappa shape index (κ2) is 4.87. The number of halogens is 1. The Kier molecular flexibility index (Phi) is 3.21. The van der Waals surface area contributed by atoms with Gasteiger partial charge in [0.25, 0.3) is 5.91 Å². The summed E-state index contributed by atoms with van der Waals surface area (Å²) in [5, 5.41) is 10.1. The van der Waals surface area contributed by atoms with Crippen LogP contribution in [0.4, 0.5) is 0 Å². The molecule has 0 saturated carbocycles. The van der Waals surface area contributed by atoms with Gasteiger partial charge in [-0.05, 0) is 30.7 Å². The molecule has 1 amide bonds. The summed E-state index contributed by atoms with van der Waals surface area (Å²) in [5.74, 6) is 0.671. The molecular weight excluding hydrogens is 266 g/mol. The first-order chi connectivity index (χ1) is 9.13. The van der Waals surface area contributed by atoms with Crippen molar-refractivity contribution in [3.8, 4) is 5.75 Å². The van der Waals surface area contributed by atoms with Gasteiger partial charge in [0.2, 0.25) is 0 Å². The van der Waals surface area contributed by atoms with Crippen LogP contribution in [-0.4, -0.2) is 41.7 Å². The zero-order valence-electron chi connectivity index (χ0n) is 10.3. The number of β-amino-alcohol motifs (C(OH)–C–C–N with tert-alkyl or cyclic N) is 1. The van der Waals surface area contributed by atoms with Gasteiger partial charge < -0.3 is 14.7 Å². The van der Waals surface area contributed by atoms with Gasteiger partial charge in [0.15, 0.2) is 0 Å². The minimum absolute atomic E-state index is 0.0674. The van der Waals surface area contributed by atoms with Gasteiger partial charge in [-0.3, -0.25) is 4.79 Å². The van der Waals surface area contributed by atoms with E-state index in [9.17, 15) is 9.90 Å². The molecule has 2 heterocycles. The smallest absolute Gasteiger partial charge is 0.253 e. The first kappa shape index (κ1) is 12.5. The van der Waals surface area contributed by atoms with E-state index in [1.807, 2.05) is 6.08 Å². The summed E-state index contributed by atoms with van der Waals surface area (Å²) in [6.07, 6.45) is 2.05. The van der Waals surface area contributed by atoms with Crippen LogP contribution in [0, 0.1) is 0 Å². The van der Waals surface area contributed by atoms with Crippen molar-refractivity contribution in [2.45, 2.75) is 12.5 Å². The molecule has 2 aliphatic heterocycles. The van der Waals surface area contributed by atoms with Crippen LogP contribution in [0.15, 0.2) is 23.8 Å². The molecule has 1 saturated heterocycles. The van der Waals surface area contributed by atoms with Crippen molar-refractivity contribution in [1.29, 1.82) is 0 Å². The number of fused-ring (bicyclic) bond motifs is 1. The zero-order valence-corrected chi connectivity index (χ0v) is 11.1. The summed E-state index contributed by atoms with van der Waals surface area (Å²) in [7, 11) is 0. The highest BCUT2D eigenvalue weighted by atomic mass is 35.5. The number of hydrogen-bond donors (Lipinski definition) is 1. The molecule has 0 bridgehead atoms. The van der Waals surface area contributed by atoms with E-state index in [-0.39, 0.29) is 12.5 Å². The number of carbonyl (C=O) groups excluding carboxylic acids is 1. The van der Waals surface area contributed by atoms with Gasteiger partial charge in [-0.15, -0.1) is 0 Å².